The summed E-state index contributed by atoms with van der Waals surface area (Å²) < 4.78 is 40.2. The average molecular weight is 451 g/mol. The number of rotatable bonds is 6. The predicted octanol–water partition coefficient (Wildman–Crippen LogP) is 3.06. The number of piperazine rings is 1. The molecule has 0 bridgehead atoms. The summed E-state index contributed by atoms with van der Waals surface area (Å²) >= 11 is 1.23. The monoisotopic (exact) mass is 450 g/mol. The Hall–Kier alpha value is -0.610. The van der Waals surface area contributed by atoms with Gasteiger partial charge in [0, 0.05) is 32.7 Å². The minimum Gasteiger partial charge on any atom is -0.349 e. The molecule has 0 radical (unpaired) electrons. The fourth-order valence-corrected chi connectivity index (χ4v) is 3.75. The topological polar surface area (TPSA) is 57.3 Å². The van der Waals surface area contributed by atoms with Gasteiger partial charge in [0.25, 0.3) is 5.91 Å². The van der Waals surface area contributed by atoms with Crippen molar-refractivity contribution in [1.82, 2.24) is 20.5 Å². The molecule has 1 aliphatic heterocycles. The number of carbonyl (C=O) groups excluding carboxylic acids is 1. The highest BCUT2D eigenvalue weighted by atomic mass is 35.5. The lowest BCUT2D eigenvalue weighted by Crippen LogP contribution is -2.57. The molecule has 0 aliphatic carbocycles. The molecule has 11 heteroatoms. The summed E-state index contributed by atoms with van der Waals surface area (Å²) in [6.07, 6.45) is -3.75. The van der Waals surface area contributed by atoms with E-state index in [4.69, 9.17) is 0 Å². The standard InChI is InChI=1S/C16H25F3N4OS.2ClH/c1-10(2)8-12-14(25-11(3)22-12)15(24)21-9-13(16(17,18)19)23-6-4-20-5-7-23;;/h10,13,20H,4-9H2,1-3H3,(H,21,24);2*1H. The lowest BCUT2D eigenvalue weighted by molar-refractivity contribution is -0.183. The van der Waals surface area contributed by atoms with Crippen LogP contribution in [0.1, 0.15) is 34.2 Å². The number of hydrogen-bond donors (Lipinski definition) is 2. The molecule has 1 fully saturated rings. The molecule has 2 rings (SSSR count). The minimum atomic E-state index is -4.38. The van der Waals surface area contributed by atoms with Crippen molar-refractivity contribution >= 4 is 42.1 Å². The van der Waals surface area contributed by atoms with Crippen molar-refractivity contribution in [3.63, 3.8) is 0 Å². The third kappa shape index (κ3) is 7.73. The van der Waals surface area contributed by atoms with Crippen LogP contribution in [0.25, 0.3) is 0 Å². The zero-order valence-corrected chi connectivity index (χ0v) is 18.0. The van der Waals surface area contributed by atoms with Crippen LogP contribution in [-0.4, -0.2) is 60.7 Å². The Morgan fingerprint density at radius 2 is 1.89 bits per heavy atom. The number of alkyl halides is 3. The molecule has 0 spiro atoms. The highest BCUT2D eigenvalue weighted by Crippen LogP contribution is 2.25. The van der Waals surface area contributed by atoms with Gasteiger partial charge >= 0.3 is 6.18 Å². The first-order valence-electron chi connectivity index (χ1n) is 8.44. The molecule has 1 amide bonds. The van der Waals surface area contributed by atoms with Crippen molar-refractivity contribution in [2.75, 3.05) is 32.7 Å². The summed E-state index contributed by atoms with van der Waals surface area (Å²) in [7, 11) is 0. The van der Waals surface area contributed by atoms with Crippen LogP contribution in [0.5, 0.6) is 0 Å². The second-order valence-electron chi connectivity index (χ2n) is 6.66. The van der Waals surface area contributed by atoms with Gasteiger partial charge < -0.3 is 10.6 Å². The Labute approximate surface area is 174 Å². The maximum atomic E-state index is 13.4. The summed E-state index contributed by atoms with van der Waals surface area (Å²) in [5.74, 6) is -0.151. The van der Waals surface area contributed by atoms with Gasteiger partial charge in [-0.1, -0.05) is 13.8 Å². The van der Waals surface area contributed by atoms with Crippen LogP contribution in [0.3, 0.4) is 0 Å². The van der Waals surface area contributed by atoms with E-state index >= 15 is 0 Å². The Morgan fingerprint density at radius 1 is 1.30 bits per heavy atom. The molecule has 5 nitrogen and oxygen atoms in total. The molecule has 27 heavy (non-hydrogen) atoms. The average Bonchev–Trinajstić information content (AvgIpc) is 2.87. The second kappa shape index (κ2) is 11.4. The number of aryl methyl sites for hydroxylation is 1. The van der Waals surface area contributed by atoms with Gasteiger partial charge in [-0.15, -0.1) is 36.2 Å². The van der Waals surface area contributed by atoms with Gasteiger partial charge in [0.1, 0.15) is 10.9 Å². The third-order valence-electron chi connectivity index (χ3n) is 4.04. The largest absolute Gasteiger partial charge is 0.405 e. The smallest absolute Gasteiger partial charge is 0.349 e. The molecular weight excluding hydrogens is 424 g/mol. The van der Waals surface area contributed by atoms with Gasteiger partial charge in [-0.05, 0) is 19.3 Å². The molecule has 1 unspecified atom stereocenters. The number of amides is 1. The first kappa shape index (κ1) is 26.4. The molecule has 0 saturated carbocycles. The van der Waals surface area contributed by atoms with Crippen molar-refractivity contribution in [2.24, 2.45) is 5.92 Å². The lowest BCUT2D eigenvalue weighted by Gasteiger charge is -2.35. The normalized spacial score (nSPS) is 16.4. The Balaban J connectivity index is 0.00000338. The minimum absolute atomic E-state index is 0. The van der Waals surface area contributed by atoms with Gasteiger partial charge in [0.2, 0.25) is 0 Å². The summed E-state index contributed by atoms with van der Waals surface area (Å²) in [6, 6.07) is -1.67. The number of halogens is 5. The number of aromatic nitrogens is 1. The van der Waals surface area contributed by atoms with E-state index in [0.29, 0.717) is 49.1 Å². The van der Waals surface area contributed by atoms with Crippen molar-refractivity contribution in [3.8, 4) is 0 Å². The fourth-order valence-electron chi connectivity index (χ4n) is 2.89. The molecule has 2 heterocycles. The van der Waals surface area contributed by atoms with Crippen LogP contribution >= 0.6 is 36.2 Å². The van der Waals surface area contributed by atoms with Gasteiger partial charge in [-0.3, -0.25) is 9.69 Å². The zero-order valence-electron chi connectivity index (χ0n) is 15.6. The van der Waals surface area contributed by atoms with E-state index in [1.165, 1.54) is 16.2 Å². The van der Waals surface area contributed by atoms with E-state index in [0.717, 1.165) is 5.01 Å². The van der Waals surface area contributed by atoms with Crippen molar-refractivity contribution in [1.29, 1.82) is 0 Å². The van der Waals surface area contributed by atoms with Crippen molar-refractivity contribution < 1.29 is 18.0 Å². The highest BCUT2D eigenvalue weighted by molar-refractivity contribution is 7.13. The maximum absolute atomic E-state index is 13.4. The van der Waals surface area contributed by atoms with Crippen LogP contribution in [0, 0.1) is 12.8 Å². The summed E-state index contributed by atoms with van der Waals surface area (Å²) in [4.78, 5) is 18.6. The third-order valence-corrected chi connectivity index (χ3v) is 5.05. The van der Waals surface area contributed by atoms with E-state index in [1.807, 2.05) is 13.8 Å². The van der Waals surface area contributed by atoms with Gasteiger partial charge in [-0.2, -0.15) is 13.2 Å². The second-order valence-corrected chi connectivity index (χ2v) is 7.86. The molecule has 1 aromatic heterocycles. The Kier molecular flexibility index (Phi) is 11.1. The molecular formula is C16H27Cl2F3N4OS. The van der Waals surface area contributed by atoms with E-state index < -0.39 is 24.7 Å². The van der Waals surface area contributed by atoms with E-state index in [1.54, 1.807) is 6.92 Å². The molecule has 1 aliphatic rings. The number of thiazole rings is 1. The molecule has 2 N–H and O–H groups in total. The summed E-state index contributed by atoms with van der Waals surface area (Å²) in [5.41, 5.74) is 0.667. The predicted molar refractivity (Wildman–Crippen MR) is 107 cm³/mol. The number of hydrogen-bond acceptors (Lipinski definition) is 5. The summed E-state index contributed by atoms with van der Waals surface area (Å²) in [5, 5.41) is 6.26. The molecule has 1 atom stereocenters. The lowest BCUT2D eigenvalue weighted by atomic mass is 10.1. The van der Waals surface area contributed by atoms with Gasteiger partial charge in [-0.25, -0.2) is 4.98 Å². The Bertz CT molecular complexity index is 593. The maximum Gasteiger partial charge on any atom is 0.405 e. The number of nitrogens with zero attached hydrogens (tertiary/aromatic N) is 2. The van der Waals surface area contributed by atoms with Crippen molar-refractivity contribution in [3.05, 3.63) is 15.6 Å². The molecule has 1 aromatic rings. The quantitative estimate of drug-likeness (QED) is 0.698. The van der Waals surface area contributed by atoms with Crippen molar-refractivity contribution in [2.45, 2.75) is 39.4 Å². The van der Waals surface area contributed by atoms with Crippen LogP contribution in [0.15, 0.2) is 0 Å². The van der Waals surface area contributed by atoms with E-state index in [2.05, 4.69) is 15.6 Å². The SMILES string of the molecule is Cc1nc(CC(C)C)c(C(=O)NCC(N2CCNCC2)C(F)(F)F)s1.Cl.Cl. The highest BCUT2D eigenvalue weighted by Gasteiger charge is 2.44. The Morgan fingerprint density at radius 3 is 2.41 bits per heavy atom. The fraction of sp³-hybridized carbons (Fsp3) is 0.750. The first-order chi connectivity index (χ1) is 11.7. The first-order valence-corrected chi connectivity index (χ1v) is 9.26. The molecule has 158 valence electrons. The van der Waals surface area contributed by atoms with Gasteiger partial charge in [0.05, 0.1) is 10.7 Å². The van der Waals surface area contributed by atoms with Crippen LogP contribution in [-0.2, 0) is 6.42 Å². The summed E-state index contributed by atoms with van der Waals surface area (Å²) in [6.45, 7) is 7.06. The van der Waals surface area contributed by atoms with Crippen LogP contribution in [0.2, 0.25) is 0 Å². The van der Waals surface area contributed by atoms with Gasteiger partial charge in [0.15, 0.2) is 0 Å². The zero-order chi connectivity index (χ0) is 18.6. The number of carbonyl (C=O) groups is 1. The van der Waals surface area contributed by atoms with E-state index in [9.17, 15) is 18.0 Å². The molecule has 0 aromatic carbocycles. The number of nitrogens with one attached hydrogen (secondary N) is 2. The van der Waals surface area contributed by atoms with Crippen LogP contribution < -0.4 is 10.6 Å². The molecule has 1 saturated heterocycles. The van der Waals surface area contributed by atoms with E-state index in [-0.39, 0.29) is 24.8 Å². The van der Waals surface area contributed by atoms with Crippen LogP contribution in [0.4, 0.5) is 13.2 Å².